The number of hydrogen-bond donors (Lipinski definition) is 2. The van der Waals surface area contributed by atoms with E-state index in [1.54, 1.807) is 11.3 Å². The maximum Gasteiger partial charge on any atom is 0.259 e. The van der Waals surface area contributed by atoms with Gasteiger partial charge in [0.05, 0.1) is 11.9 Å². The van der Waals surface area contributed by atoms with Gasteiger partial charge in [0.25, 0.3) is 5.56 Å². The molecule has 1 aliphatic heterocycles. The topological polar surface area (TPSA) is 95.3 Å². The van der Waals surface area contributed by atoms with Crippen LogP contribution >= 0.6 is 36.2 Å². The fourth-order valence-corrected chi connectivity index (χ4v) is 5.21. The van der Waals surface area contributed by atoms with E-state index in [9.17, 15) is 9.59 Å². The molecule has 0 spiro atoms. The highest BCUT2D eigenvalue weighted by Crippen LogP contribution is 2.33. The predicted molar refractivity (Wildman–Crippen MR) is 117 cm³/mol. The van der Waals surface area contributed by atoms with Crippen molar-refractivity contribution in [2.75, 3.05) is 32.7 Å². The third kappa shape index (κ3) is 4.68. The number of aromatic nitrogens is 2. The third-order valence-corrected chi connectivity index (χ3v) is 6.52. The van der Waals surface area contributed by atoms with Crippen molar-refractivity contribution >= 4 is 52.3 Å². The molecule has 2 aromatic rings. The summed E-state index contributed by atoms with van der Waals surface area (Å²) in [7, 11) is 0. The van der Waals surface area contributed by atoms with Crippen LogP contribution in [0.15, 0.2) is 4.79 Å². The lowest BCUT2D eigenvalue weighted by atomic mass is 9.97. The van der Waals surface area contributed by atoms with Gasteiger partial charge in [-0.2, -0.15) is 0 Å². The Bertz CT molecular complexity index is 877. The Morgan fingerprint density at radius 2 is 1.86 bits per heavy atom. The predicted octanol–water partition coefficient (Wildman–Crippen LogP) is 1.70. The van der Waals surface area contributed by atoms with E-state index in [2.05, 4.69) is 9.88 Å². The molecule has 1 saturated heterocycles. The molecule has 0 aromatic carbocycles. The van der Waals surface area contributed by atoms with Crippen LogP contribution in [0.4, 0.5) is 0 Å². The van der Waals surface area contributed by atoms with Gasteiger partial charge in [-0.1, -0.05) is 0 Å². The standard InChI is InChI=1S/C18H25N5O2S.2ClH/c19-6-5-15(24)23-9-7-22(8-10-23)11-14-20-17(25)16-12-3-1-2-4-13(12)26-18(16)21-14;;/h1-11,19H2,(H,20,21,25);2*1H. The number of rotatable bonds is 4. The number of H-pyrrole nitrogens is 1. The van der Waals surface area contributed by atoms with Crippen molar-refractivity contribution in [3.05, 3.63) is 26.6 Å². The molecule has 3 heterocycles. The second-order valence-electron chi connectivity index (χ2n) is 7.10. The molecule has 7 nitrogen and oxygen atoms in total. The van der Waals surface area contributed by atoms with E-state index in [0.717, 1.165) is 48.4 Å². The van der Waals surface area contributed by atoms with Crippen LogP contribution in [0.1, 0.15) is 35.5 Å². The van der Waals surface area contributed by atoms with Crippen LogP contribution in [-0.2, 0) is 24.2 Å². The minimum Gasteiger partial charge on any atom is -0.340 e. The van der Waals surface area contributed by atoms with Gasteiger partial charge in [-0.05, 0) is 31.2 Å². The summed E-state index contributed by atoms with van der Waals surface area (Å²) in [5.74, 6) is 0.854. The van der Waals surface area contributed by atoms with Gasteiger partial charge in [-0.25, -0.2) is 4.98 Å². The lowest BCUT2D eigenvalue weighted by molar-refractivity contribution is -0.132. The monoisotopic (exact) mass is 447 g/mol. The molecule has 0 bridgehead atoms. The number of carbonyl (C=O) groups is 1. The van der Waals surface area contributed by atoms with Gasteiger partial charge in [0.2, 0.25) is 5.91 Å². The van der Waals surface area contributed by atoms with Gasteiger partial charge >= 0.3 is 0 Å². The summed E-state index contributed by atoms with van der Waals surface area (Å²) in [6.45, 7) is 4.01. The van der Waals surface area contributed by atoms with Gasteiger partial charge in [-0.3, -0.25) is 14.5 Å². The summed E-state index contributed by atoms with van der Waals surface area (Å²) in [6, 6.07) is 0. The summed E-state index contributed by atoms with van der Waals surface area (Å²) in [4.78, 5) is 38.6. The zero-order valence-corrected chi connectivity index (χ0v) is 18.2. The number of carbonyl (C=O) groups excluding carboxylic acids is 1. The summed E-state index contributed by atoms with van der Waals surface area (Å²) in [5, 5.41) is 0.811. The van der Waals surface area contributed by atoms with Crippen molar-refractivity contribution in [1.29, 1.82) is 0 Å². The van der Waals surface area contributed by atoms with Crippen LogP contribution in [0, 0.1) is 0 Å². The van der Waals surface area contributed by atoms with Crippen molar-refractivity contribution < 1.29 is 4.79 Å². The molecule has 1 aliphatic carbocycles. The molecule has 2 aliphatic rings. The van der Waals surface area contributed by atoms with Crippen LogP contribution in [0.25, 0.3) is 10.2 Å². The first-order chi connectivity index (χ1) is 12.7. The normalized spacial score (nSPS) is 17.0. The molecule has 28 heavy (non-hydrogen) atoms. The highest BCUT2D eigenvalue weighted by atomic mass is 35.5. The smallest absolute Gasteiger partial charge is 0.259 e. The maximum absolute atomic E-state index is 12.6. The number of aromatic amines is 1. The quantitative estimate of drug-likeness (QED) is 0.743. The van der Waals surface area contributed by atoms with Gasteiger partial charge < -0.3 is 15.6 Å². The molecule has 156 valence electrons. The lowest BCUT2D eigenvalue weighted by Crippen LogP contribution is -2.48. The number of amides is 1. The lowest BCUT2D eigenvalue weighted by Gasteiger charge is -2.34. The van der Waals surface area contributed by atoms with Gasteiger partial charge in [-0.15, -0.1) is 36.2 Å². The fraction of sp³-hybridized carbons (Fsp3) is 0.611. The van der Waals surface area contributed by atoms with E-state index in [0.29, 0.717) is 32.6 Å². The van der Waals surface area contributed by atoms with Crippen LogP contribution in [-0.4, -0.2) is 58.4 Å². The van der Waals surface area contributed by atoms with E-state index in [1.807, 2.05) is 4.90 Å². The summed E-state index contributed by atoms with van der Waals surface area (Å²) in [5.41, 5.74) is 6.69. The number of aryl methyl sites for hydroxylation is 2. The highest BCUT2D eigenvalue weighted by Gasteiger charge is 2.23. The number of nitrogens with two attached hydrogens (primary N) is 1. The molecular formula is C18H27Cl2N5O2S. The summed E-state index contributed by atoms with van der Waals surface area (Å²) in [6.07, 6.45) is 4.85. The largest absolute Gasteiger partial charge is 0.340 e. The summed E-state index contributed by atoms with van der Waals surface area (Å²) < 4.78 is 0. The first-order valence-electron chi connectivity index (χ1n) is 9.39. The van der Waals surface area contributed by atoms with Gasteiger partial charge in [0, 0.05) is 44.0 Å². The van der Waals surface area contributed by atoms with E-state index in [1.165, 1.54) is 16.9 Å². The second kappa shape index (κ2) is 10.0. The Labute approximate surface area is 180 Å². The number of piperazine rings is 1. The number of nitrogens with one attached hydrogen (secondary N) is 1. The van der Waals surface area contributed by atoms with Crippen LogP contribution < -0.4 is 11.3 Å². The second-order valence-corrected chi connectivity index (χ2v) is 8.18. The zero-order chi connectivity index (χ0) is 18.1. The Kier molecular flexibility index (Phi) is 8.27. The molecule has 10 heteroatoms. The van der Waals surface area contributed by atoms with Gasteiger partial charge in [0.15, 0.2) is 0 Å². The minimum absolute atomic E-state index is 0. The molecular weight excluding hydrogens is 421 g/mol. The fourth-order valence-electron chi connectivity index (χ4n) is 3.93. The highest BCUT2D eigenvalue weighted by molar-refractivity contribution is 7.18. The van der Waals surface area contributed by atoms with Crippen molar-refractivity contribution in [2.24, 2.45) is 5.73 Å². The third-order valence-electron chi connectivity index (χ3n) is 5.33. The summed E-state index contributed by atoms with van der Waals surface area (Å²) >= 11 is 1.69. The molecule has 0 radical (unpaired) electrons. The maximum atomic E-state index is 12.6. The van der Waals surface area contributed by atoms with Crippen molar-refractivity contribution in [1.82, 2.24) is 19.8 Å². The van der Waals surface area contributed by atoms with E-state index in [4.69, 9.17) is 10.7 Å². The van der Waals surface area contributed by atoms with Crippen LogP contribution in [0.2, 0.25) is 0 Å². The van der Waals surface area contributed by atoms with E-state index in [-0.39, 0.29) is 36.3 Å². The number of hydrogen-bond acceptors (Lipinski definition) is 6. The average Bonchev–Trinajstić information content (AvgIpc) is 3.01. The van der Waals surface area contributed by atoms with E-state index < -0.39 is 0 Å². The zero-order valence-electron chi connectivity index (χ0n) is 15.7. The molecule has 1 amide bonds. The minimum atomic E-state index is 0. The molecule has 4 rings (SSSR count). The number of nitrogens with zero attached hydrogens (tertiary/aromatic N) is 3. The molecule has 0 atom stereocenters. The van der Waals surface area contributed by atoms with Gasteiger partial charge in [0.1, 0.15) is 10.7 Å². The van der Waals surface area contributed by atoms with Crippen molar-refractivity contribution in [3.63, 3.8) is 0 Å². The molecule has 0 unspecified atom stereocenters. The number of fused-ring (bicyclic) bond motifs is 3. The SMILES string of the molecule is Cl.Cl.NCCC(=O)N1CCN(Cc2nc3sc4c(c3c(=O)[nH]2)CCCC4)CC1. The number of halogens is 2. The first kappa shape index (κ1) is 23.1. The first-order valence-corrected chi connectivity index (χ1v) is 10.2. The molecule has 1 fully saturated rings. The Morgan fingerprint density at radius 1 is 1.14 bits per heavy atom. The van der Waals surface area contributed by atoms with Crippen molar-refractivity contribution in [2.45, 2.75) is 38.6 Å². The average molecular weight is 448 g/mol. The van der Waals surface area contributed by atoms with Crippen LogP contribution in [0.5, 0.6) is 0 Å². The molecule has 0 saturated carbocycles. The molecule has 3 N–H and O–H groups in total. The Morgan fingerprint density at radius 3 is 2.57 bits per heavy atom. The Balaban J connectivity index is 0.00000140. The Hall–Kier alpha value is -1.19. The molecule has 2 aromatic heterocycles. The van der Waals surface area contributed by atoms with Crippen LogP contribution in [0.3, 0.4) is 0 Å². The van der Waals surface area contributed by atoms with Crippen molar-refractivity contribution in [3.8, 4) is 0 Å². The van der Waals surface area contributed by atoms with E-state index >= 15 is 0 Å². The number of thiophene rings is 1.